The molecule has 4 atom stereocenters. The molecule has 27 heavy (non-hydrogen) atoms. The van der Waals surface area contributed by atoms with Gasteiger partial charge in [0, 0.05) is 11.2 Å². The van der Waals surface area contributed by atoms with Crippen LogP contribution in [0.5, 0.6) is 0 Å². The Balaban J connectivity index is 2.00. The van der Waals surface area contributed by atoms with Gasteiger partial charge in [0.05, 0.1) is 24.2 Å². The van der Waals surface area contributed by atoms with Crippen molar-refractivity contribution in [2.24, 2.45) is 5.92 Å². The van der Waals surface area contributed by atoms with Gasteiger partial charge in [-0.15, -0.1) is 10.3 Å². The summed E-state index contributed by atoms with van der Waals surface area (Å²) in [4.78, 5) is 13.2. The lowest BCUT2D eigenvalue weighted by Gasteiger charge is -2.52. The molecule has 0 spiro atoms. The molecule has 0 amide bonds. The predicted octanol–water partition coefficient (Wildman–Crippen LogP) is 3.96. The largest absolute Gasteiger partial charge is 0.389 e. The number of aliphatic hydroxyl groups is 1. The third-order valence-corrected chi connectivity index (χ3v) is 10.6. The average Bonchev–Trinajstić information content (AvgIpc) is 2.68. The quantitative estimate of drug-likeness (QED) is 0.774. The van der Waals surface area contributed by atoms with Crippen LogP contribution in [0.1, 0.15) is 73.1 Å². The SMILES string of the molecule is CC1(C)O[C@@H]2CC[C@]3(O)CCCCC(=O)[C@H]3[C@]2(COS(C)(C)C(C)(C)C)O1. The van der Waals surface area contributed by atoms with Crippen LogP contribution in [0.25, 0.3) is 0 Å². The molecule has 3 rings (SSSR count). The first-order valence-corrected chi connectivity index (χ1v) is 12.6. The summed E-state index contributed by atoms with van der Waals surface area (Å²) < 4.78 is 19.3. The molecule has 6 heteroatoms. The van der Waals surface area contributed by atoms with Crippen molar-refractivity contribution in [3.8, 4) is 0 Å². The van der Waals surface area contributed by atoms with Crippen LogP contribution < -0.4 is 0 Å². The summed E-state index contributed by atoms with van der Waals surface area (Å²) in [5, 5.41) is 11.5. The number of carbonyl (C=O) groups excluding carboxylic acids is 1. The smallest absolute Gasteiger partial charge is 0.164 e. The molecule has 1 saturated heterocycles. The van der Waals surface area contributed by atoms with E-state index in [4.69, 9.17) is 13.7 Å². The highest BCUT2D eigenvalue weighted by Gasteiger charge is 2.67. The maximum absolute atomic E-state index is 13.2. The Morgan fingerprint density at radius 1 is 1.22 bits per heavy atom. The van der Waals surface area contributed by atoms with E-state index in [0.29, 0.717) is 32.3 Å². The Kier molecular flexibility index (Phi) is 5.35. The number of ketones is 1. The molecule has 0 radical (unpaired) electrons. The van der Waals surface area contributed by atoms with Crippen molar-refractivity contribution in [2.45, 2.75) is 101 Å². The second-order valence-electron chi connectivity index (χ2n) is 10.4. The fourth-order valence-corrected chi connectivity index (χ4v) is 5.69. The number of Topliss-reactive ketones (excluding diaryl/α,β-unsaturated/α-hetero) is 1. The van der Waals surface area contributed by atoms with Gasteiger partial charge in [0.25, 0.3) is 0 Å². The van der Waals surface area contributed by atoms with Crippen LogP contribution >= 0.6 is 10.3 Å². The molecule has 1 aliphatic heterocycles. The normalized spacial score (nSPS) is 40.2. The van der Waals surface area contributed by atoms with Gasteiger partial charge in [-0.3, -0.25) is 4.79 Å². The third kappa shape index (κ3) is 3.73. The Labute approximate surface area is 166 Å². The van der Waals surface area contributed by atoms with Crippen molar-refractivity contribution in [3.05, 3.63) is 0 Å². The van der Waals surface area contributed by atoms with Crippen molar-refractivity contribution in [3.63, 3.8) is 0 Å². The summed E-state index contributed by atoms with van der Waals surface area (Å²) in [6.45, 7) is 10.6. The summed E-state index contributed by atoms with van der Waals surface area (Å²) in [6.07, 6.45) is 8.23. The maximum Gasteiger partial charge on any atom is 0.164 e. The molecule has 3 fully saturated rings. The highest BCUT2D eigenvalue weighted by molar-refractivity contribution is 8.29. The molecule has 2 aliphatic carbocycles. The number of ether oxygens (including phenoxy) is 2. The Hall–Kier alpha value is -0.140. The summed E-state index contributed by atoms with van der Waals surface area (Å²) >= 11 is 0. The van der Waals surface area contributed by atoms with Gasteiger partial charge in [-0.05, 0) is 52.0 Å². The summed E-state index contributed by atoms with van der Waals surface area (Å²) in [6, 6.07) is 0. The van der Waals surface area contributed by atoms with Gasteiger partial charge in [0.15, 0.2) is 5.79 Å². The van der Waals surface area contributed by atoms with Gasteiger partial charge < -0.3 is 18.8 Å². The first-order valence-electron chi connectivity index (χ1n) is 10.2. The third-order valence-electron chi connectivity index (χ3n) is 6.93. The van der Waals surface area contributed by atoms with Crippen molar-refractivity contribution in [1.29, 1.82) is 0 Å². The molecule has 5 nitrogen and oxygen atoms in total. The minimum Gasteiger partial charge on any atom is -0.389 e. The second-order valence-corrected chi connectivity index (χ2v) is 14.3. The summed E-state index contributed by atoms with van der Waals surface area (Å²) in [5.41, 5.74) is -1.92. The molecule has 158 valence electrons. The van der Waals surface area contributed by atoms with Crippen molar-refractivity contribution in [1.82, 2.24) is 0 Å². The zero-order chi connectivity index (χ0) is 20.3. The average molecular weight is 403 g/mol. The van der Waals surface area contributed by atoms with E-state index in [9.17, 15) is 9.90 Å². The minimum atomic E-state index is -1.39. The lowest BCUT2D eigenvalue weighted by molar-refractivity contribution is -0.209. The van der Waals surface area contributed by atoms with E-state index in [1.165, 1.54) is 0 Å². The van der Waals surface area contributed by atoms with Crippen molar-refractivity contribution < 1.29 is 23.6 Å². The number of hydrogen-bond donors (Lipinski definition) is 1. The highest BCUT2D eigenvalue weighted by atomic mass is 32.3. The van der Waals surface area contributed by atoms with E-state index < -0.39 is 33.2 Å². The van der Waals surface area contributed by atoms with Crippen LogP contribution in [0.4, 0.5) is 0 Å². The lowest BCUT2D eigenvalue weighted by Crippen LogP contribution is -2.65. The molecular weight excluding hydrogens is 364 g/mol. The molecule has 0 aromatic carbocycles. The van der Waals surface area contributed by atoms with E-state index in [0.717, 1.165) is 12.8 Å². The van der Waals surface area contributed by atoms with Gasteiger partial charge in [-0.1, -0.05) is 27.2 Å². The molecule has 1 heterocycles. The first kappa shape index (κ1) is 21.6. The molecule has 3 aliphatic rings. The van der Waals surface area contributed by atoms with E-state index in [1.54, 1.807) is 0 Å². The number of rotatable bonds is 3. The van der Waals surface area contributed by atoms with Crippen molar-refractivity contribution >= 4 is 16.1 Å². The predicted molar refractivity (Wildman–Crippen MR) is 109 cm³/mol. The van der Waals surface area contributed by atoms with E-state index in [-0.39, 0.29) is 16.6 Å². The zero-order valence-corrected chi connectivity index (χ0v) is 18.9. The topological polar surface area (TPSA) is 65.0 Å². The Bertz CT molecular complexity index is 596. The highest BCUT2D eigenvalue weighted by Crippen LogP contribution is 2.59. The maximum atomic E-state index is 13.2. The van der Waals surface area contributed by atoms with E-state index >= 15 is 0 Å². The van der Waals surface area contributed by atoms with Gasteiger partial charge in [-0.25, -0.2) is 0 Å². The Morgan fingerprint density at radius 3 is 2.52 bits per heavy atom. The molecule has 0 unspecified atom stereocenters. The standard InChI is InChI=1S/C21H38O5S/c1-18(2,3)27(6,7)24-14-21-16(25-19(4,5)26-21)11-13-20(23)12-9-8-10-15(22)17(20)21/h16-17,23H,8-14H2,1-7H3/t16-,17-,20-,21-/m1/s1. The van der Waals surface area contributed by atoms with E-state index in [1.807, 2.05) is 13.8 Å². The van der Waals surface area contributed by atoms with Gasteiger partial charge in [0.2, 0.25) is 0 Å². The molecule has 0 bridgehead atoms. The fraction of sp³-hybridized carbons (Fsp3) is 0.952. The summed E-state index contributed by atoms with van der Waals surface area (Å²) in [5.74, 6) is -1.26. The zero-order valence-electron chi connectivity index (χ0n) is 18.1. The number of fused-ring (bicyclic) bond motifs is 3. The lowest BCUT2D eigenvalue weighted by atomic mass is 9.62. The van der Waals surface area contributed by atoms with Crippen LogP contribution in [-0.2, 0) is 18.5 Å². The van der Waals surface area contributed by atoms with Crippen LogP contribution in [0.2, 0.25) is 0 Å². The minimum absolute atomic E-state index is 0.00650. The number of carbonyl (C=O) groups is 1. The molecular formula is C21H38O5S. The molecule has 1 N–H and O–H groups in total. The fourth-order valence-electron chi connectivity index (χ4n) is 4.86. The van der Waals surface area contributed by atoms with Gasteiger partial charge in [0.1, 0.15) is 11.4 Å². The molecule has 0 aromatic heterocycles. The van der Waals surface area contributed by atoms with Gasteiger partial charge in [-0.2, -0.15) is 0 Å². The second kappa shape index (κ2) is 6.69. The van der Waals surface area contributed by atoms with Crippen LogP contribution in [-0.4, -0.2) is 57.8 Å². The van der Waals surface area contributed by atoms with Gasteiger partial charge >= 0.3 is 0 Å². The van der Waals surface area contributed by atoms with Crippen LogP contribution in [0, 0.1) is 5.92 Å². The van der Waals surface area contributed by atoms with Crippen LogP contribution in [0.15, 0.2) is 0 Å². The van der Waals surface area contributed by atoms with E-state index in [2.05, 4.69) is 33.3 Å². The number of hydrogen-bond acceptors (Lipinski definition) is 5. The Morgan fingerprint density at radius 2 is 1.89 bits per heavy atom. The first-order chi connectivity index (χ1) is 12.2. The molecule has 0 aromatic rings. The monoisotopic (exact) mass is 402 g/mol. The summed E-state index contributed by atoms with van der Waals surface area (Å²) in [7, 11) is -1.39. The van der Waals surface area contributed by atoms with Crippen LogP contribution in [0.3, 0.4) is 0 Å². The van der Waals surface area contributed by atoms with Crippen molar-refractivity contribution in [2.75, 3.05) is 19.1 Å². The molecule has 2 saturated carbocycles.